The maximum Gasteiger partial charge on any atom is 0.511 e. The molecule has 0 spiro atoms. The lowest BCUT2D eigenvalue weighted by atomic mass is 10.0. The van der Waals surface area contributed by atoms with Gasteiger partial charge in [-0.2, -0.15) is 0 Å². The van der Waals surface area contributed by atoms with Crippen LogP contribution in [-0.4, -0.2) is 41.8 Å². The average molecular weight is 563 g/mol. The van der Waals surface area contributed by atoms with Gasteiger partial charge in [-0.05, 0) is 35.7 Å². The third-order valence-electron chi connectivity index (χ3n) is 6.18. The zero-order valence-electron chi connectivity index (χ0n) is 22.0. The first-order chi connectivity index (χ1) is 19.2. The van der Waals surface area contributed by atoms with Gasteiger partial charge in [-0.1, -0.05) is 68.0 Å². The Labute approximate surface area is 232 Å². The summed E-state index contributed by atoms with van der Waals surface area (Å²) in [4.78, 5) is 28.0. The molecule has 4 rings (SSSR count). The summed E-state index contributed by atoms with van der Waals surface area (Å²) in [5.41, 5.74) is 3.22. The molecule has 3 aromatic carbocycles. The summed E-state index contributed by atoms with van der Waals surface area (Å²) in [5.74, 6) is 1.03. The first kappa shape index (κ1) is 28.4. The van der Waals surface area contributed by atoms with Crippen LogP contribution in [0.25, 0.3) is 22.2 Å². The van der Waals surface area contributed by atoms with E-state index in [0.29, 0.717) is 35.1 Å². The lowest BCUT2D eigenvalue weighted by molar-refractivity contribution is 0.145. The molecular formula is C29H30N4O6S. The molecule has 0 atom stereocenters. The van der Waals surface area contributed by atoms with E-state index in [2.05, 4.69) is 18.8 Å². The number of benzene rings is 3. The molecule has 0 unspecified atom stereocenters. The third kappa shape index (κ3) is 6.49. The molecule has 0 aliphatic heterocycles. The monoisotopic (exact) mass is 562 g/mol. The van der Waals surface area contributed by atoms with Gasteiger partial charge >= 0.3 is 12.2 Å². The lowest BCUT2D eigenvalue weighted by Crippen LogP contribution is -2.39. The van der Waals surface area contributed by atoms with Crippen molar-refractivity contribution in [2.45, 2.75) is 37.6 Å². The van der Waals surface area contributed by atoms with E-state index in [9.17, 15) is 23.1 Å². The Bertz CT molecular complexity index is 1650. The van der Waals surface area contributed by atoms with Gasteiger partial charge in [0, 0.05) is 25.1 Å². The van der Waals surface area contributed by atoms with Crippen LogP contribution in [-0.2, 0) is 23.0 Å². The van der Waals surface area contributed by atoms with Crippen molar-refractivity contribution in [3.05, 3.63) is 90.8 Å². The Kier molecular flexibility index (Phi) is 8.85. The van der Waals surface area contributed by atoms with Crippen molar-refractivity contribution in [2.75, 3.05) is 6.54 Å². The second-order valence-electron chi connectivity index (χ2n) is 9.01. The van der Waals surface area contributed by atoms with Gasteiger partial charge in [-0.15, -0.1) is 6.58 Å². The number of hydrogen-bond donors (Lipinski definition) is 3. The smallest absolute Gasteiger partial charge is 0.449 e. The number of carbonyl (C=O) groups is 2. The molecule has 0 aliphatic rings. The number of carbonyl (C=O) groups excluding carboxylic acids is 1. The number of aromatic nitrogens is 2. The van der Waals surface area contributed by atoms with Gasteiger partial charge in [0.15, 0.2) is 5.75 Å². The van der Waals surface area contributed by atoms with E-state index < -0.39 is 22.2 Å². The van der Waals surface area contributed by atoms with Gasteiger partial charge in [-0.25, -0.2) is 27.7 Å². The van der Waals surface area contributed by atoms with Gasteiger partial charge in [0.2, 0.25) is 0 Å². The van der Waals surface area contributed by atoms with Crippen molar-refractivity contribution >= 4 is 33.2 Å². The third-order valence-corrected chi connectivity index (χ3v) is 7.57. The van der Waals surface area contributed by atoms with E-state index in [1.807, 2.05) is 27.5 Å². The number of imidazole rings is 1. The van der Waals surface area contributed by atoms with Crippen LogP contribution in [0.2, 0.25) is 0 Å². The fraction of sp³-hybridized carbons (Fsp3) is 0.207. The summed E-state index contributed by atoms with van der Waals surface area (Å²) in [5, 5.41) is 11.6. The van der Waals surface area contributed by atoms with Crippen molar-refractivity contribution in [3.8, 4) is 16.9 Å². The van der Waals surface area contributed by atoms with Crippen molar-refractivity contribution in [3.63, 3.8) is 0 Å². The lowest BCUT2D eigenvalue weighted by Gasteiger charge is -2.14. The Morgan fingerprint density at radius 2 is 1.82 bits per heavy atom. The Hall–Kier alpha value is -4.64. The molecule has 0 saturated carbocycles. The van der Waals surface area contributed by atoms with E-state index >= 15 is 0 Å². The maximum atomic E-state index is 13.0. The van der Waals surface area contributed by atoms with Crippen molar-refractivity contribution in [1.29, 1.82) is 0 Å². The number of nitrogens with one attached hydrogen (secondary N) is 2. The summed E-state index contributed by atoms with van der Waals surface area (Å²) < 4.78 is 35.0. The Morgan fingerprint density at radius 1 is 1.07 bits per heavy atom. The molecule has 40 heavy (non-hydrogen) atoms. The number of aryl methyl sites for hydroxylation is 1. The molecular weight excluding hydrogens is 532 g/mol. The van der Waals surface area contributed by atoms with E-state index in [0.717, 1.165) is 24.2 Å². The number of fused-ring (bicyclic) bond motifs is 1. The largest absolute Gasteiger partial charge is 0.511 e. The molecule has 0 fully saturated rings. The minimum absolute atomic E-state index is 0.0329. The highest BCUT2D eigenvalue weighted by Gasteiger charge is 2.22. The Morgan fingerprint density at radius 3 is 2.52 bits per heavy atom. The van der Waals surface area contributed by atoms with Crippen LogP contribution >= 0.6 is 0 Å². The predicted octanol–water partition coefficient (Wildman–Crippen LogP) is 5.32. The van der Waals surface area contributed by atoms with Gasteiger partial charge in [0.25, 0.3) is 10.0 Å². The fourth-order valence-electron chi connectivity index (χ4n) is 4.36. The molecule has 1 heterocycles. The van der Waals surface area contributed by atoms with Crippen molar-refractivity contribution in [2.24, 2.45) is 0 Å². The molecule has 10 nitrogen and oxygen atoms in total. The predicted molar refractivity (Wildman–Crippen MR) is 152 cm³/mol. The normalized spacial score (nSPS) is 11.2. The summed E-state index contributed by atoms with van der Waals surface area (Å²) in [6.07, 6.45) is 2.65. The van der Waals surface area contributed by atoms with E-state index in [4.69, 9.17) is 9.72 Å². The molecule has 1 aromatic heterocycles. The maximum absolute atomic E-state index is 13.0. The van der Waals surface area contributed by atoms with Crippen LogP contribution < -0.4 is 14.8 Å². The molecule has 4 aromatic rings. The number of nitrogens with zero attached hydrogens (tertiary/aromatic N) is 2. The van der Waals surface area contributed by atoms with Gasteiger partial charge < -0.3 is 19.7 Å². The number of ether oxygens (including phenoxy) is 1. The van der Waals surface area contributed by atoms with Crippen LogP contribution in [0, 0.1) is 0 Å². The molecule has 3 N–H and O–H groups in total. The van der Waals surface area contributed by atoms with Crippen molar-refractivity contribution < 1.29 is 27.9 Å². The number of unbranched alkanes of at least 4 members (excludes halogenated alkanes) is 1. The zero-order chi connectivity index (χ0) is 28.7. The topological polar surface area (TPSA) is 140 Å². The second-order valence-corrected chi connectivity index (χ2v) is 10.7. The summed E-state index contributed by atoms with van der Waals surface area (Å²) in [6.45, 7) is 6.11. The minimum atomic E-state index is -4.14. The highest BCUT2D eigenvalue weighted by atomic mass is 32.2. The molecule has 0 saturated heterocycles. The first-order valence-electron chi connectivity index (χ1n) is 12.7. The Balaban J connectivity index is 1.67. The molecule has 0 aliphatic carbocycles. The van der Waals surface area contributed by atoms with Crippen LogP contribution in [0.1, 0.15) is 31.2 Å². The molecule has 11 heteroatoms. The SMILES string of the molecule is C=CCNC(=O)NS(=O)(=O)c1ccccc1-c1ccc(Cn2c(CCCC)nc3cccc(OC(=O)O)c32)cc1. The number of amides is 2. The highest BCUT2D eigenvalue weighted by molar-refractivity contribution is 7.90. The number of urea groups is 1. The van der Waals surface area contributed by atoms with Crippen LogP contribution in [0.5, 0.6) is 5.75 Å². The molecule has 0 radical (unpaired) electrons. The standard InChI is InChI=1S/C29H30N4O6S/c1-3-5-13-26-31-23-10-8-11-24(39-29(35)36)27(23)33(26)19-20-14-16-21(17-15-20)22-9-6-7-12-25(22)40(37,38)32-28(34)30-18-4-2/h4,6-12,14-17H,2-3,5,13,18-19H2,1H3,(H,35,36)(H2,30,32,34). The summed E-state index contributed by atoms with van der Waals surface area (Å²) in [6, 6.07) is 18.1. The summed E-state index contributed by atoms with van der Waals surface area (Å²) >= 11 is 0. The molecule has 0 bridgehead atoms. The summed E-state index contributed by atoms with van der Waals surface area (Å²) in [7, 11) is -4.14. The van der Waals surface area contributed by atoms with Crippen LogP contribution in [0.4, 0.5) is 9.59 Å². The van der Waals surface area contributed by atoms with E-state index in [1.165, 1.54) is 12.1 Å². The molecule has 208 valence electrons. The number of rotatable bonds is 11. The highest BCUT2D eigenvalue weighted by Crippen LogP contribution is 2.30. The second kappa shape index (κ2) is 12.5. The quantitative estimate of drug-likeness (QED) is 0.128. The van der Waals surface area contributed by atoms with Gasteiger partial charge in [-0.3, -0.25) is 0 Å². The first-order valence-corrected chi connectivity index (χ1v) is 14.2. The zero-order valence-corrected chi connectivity index (χ0v) is 22.8. The fourth-order valence-corrected chi connectivity index (χ4v) is 5.52. The van der Waals surface area contributed by atoms with Crippen LogP contribution in [0.3, 0.4) is 0 Å². The minimum Gasteiger partial charge on any atom is -0.449 e. The van der Waals surface area contributed by atoms with Gasteiger partial charge in [0.1, 0.15) is 11.3 Å². The van der Waals surface area contributed by atoms with Crippen LogP contribution in [0.15, 0.2) is 84.3 Å². The van der Waals surface area contributed by atoms with Crippen molar-refractivity contribution in [1.82, 2.24) is 19.6 Å². The van der Waals surface area contributed by atoms with Gasteiger partial charge in [0.05, 0.1) is 10.4 Å². The number of hydrogen-bond acceptors (Lipinski definition) is 6. The number of carboxylic acid groups (broad SMARTS) is 1. The van der Waals surface area contributed by atoms with E-state index in [1.54, 1.807) is 42.5 Å². The molecule has 2 amide bonds. The number of para-hydroxylation sites is 1. The van der Waals surface area contributed by atoms with E-state index in [-0.39, 0.29) is 17.2 Å². The average Bonchev–Trinajstić information content (AvgIpc) is 3.28. The number of sulfonamides is 1.